The number of fused-ring (bicyclic) bond motifs is 1. The Kier molecular flexibility index (Phi) is 4.51. The Morgan fingerprint density at radius 2 is 1.96 bits per heavy atom. The summed E-state index contributed by atoms with van der Waals surface area (Å²) in [5, 5.41) is 0.567. The molecule has 0 unspecified atom stereocenters. The quantitative estimate of drug-likeness (QED) is 0.805. The van der Waals surface area contributed by atoms with Gasteiger partial charge in [0.15, 0.2) is 15.0 Å². The third-order valence-corrected chi connectivity index (χ3v) is 7.74. The van der Waals surface area contributed by atoms with Crippen LogP contribution in [0.15, 0.2) is 23.2 Å². The fourth-order valence-electron chi connectivity index (χ4n) is 2.97. The zero-order valence-electron chi connectivity index (χ0n) is 14.3. The maximum absolute atomic E-state index is 12.1. The standard InChI is InChI=1S/C17H22N2O3S2/c1-10(2)16(20)18-17-19(13-6-5-11(3)12(4)7-13)14-8-24(21,22)9-15(14)23-17/h5-7,10,14-15H,8-9H2,1-4H3/t14-,15+/m0/s1. The van der Waals surface area contributed by atoms with E-state index in [4.69, 9.17) is 0 Å². The molecule has 0 radical (unpaired) electrons. The molecule has 1 amide bonds. The van der Waals surface area contributed by atoms with E-state index in [-0.39, 0.29) is 34.6 Å². The highest BCUT2D eigenvalue weighted by molar-refractivity contribution is 8.16. The number of carbonyl (C=O) groups excluding carboxylic acids is 1. The lowest BCUT2D eigenvalue weighted by Crippen LogP contribution is -2.37. The van der Waals surface area contributed by atoms with Crippen LogP contribution < -0.4 is 4.90 Å². The van der Waals surface area contributed by atoms with Crippen molar-refractivity contribution >= 4 is 38.4 Å². The number of anilines is 1. The summed E-state index contributed by atoms with van der Waals surface area (Å²) in [6.45, 7) is 7.70. The molecular formula is C17H22N2O3S2. The molecule has 2 heterocycles. The second-order valence-electron chi connectivity index (χ2n) is 6.83. The number of nitrogens with zero attached hydrogens (tertiary/aromatic N) is 2. The fourth-order valence-corrected chi connectivity index (χ4v) is 6.88. The number of hydrogen-bond donors (Lipinski definition) is 0. The first-order chi connectivity index (χ1) is 11.2. The van der Waals surface area contributed by atoms with E-state index in [0.29, 0.717) is 5.17 Å². The van der Waals surface area contributed by atoms with Crippen molar-refractivity contribution in [2.24, 2.45) is 10.9 Å². The van der Waals surface area contributed by atoms with Gasteiger partial charge in [0.05, 0.1) is 17.5 Å². The van der Waals surface area contributed by atoms with Gasteiger partial charge in [0.2, 0.25) is 0 Å². The molecule has 0 saturated carbocycles. The predicted molar refractivity (Wildman–Crippen MR) is 99.5 cm³/mol. The van der Waals surface area contributed by atoms with Crippen molar-refractivity contribution in [1.82, 2.24) is 0 Å². The average Bonchev–Trinajstić information content (AvgIpc) is 2.93. The summed E-state index contributed by atoms with van der Waals surface area (Å²) >= 11 is 1.42. The van der Waals surface area contributed by atoms with Gasteiger partial charge in [0.25, 0.3) is 5.91 Å². The summed E-state index contributed by atoms with van der Waals surface area (Å²) in [6, 6.07) is 5.89. The topological polar surface area (TPSA) is 66.8 Å². The van der Waals surface area contributed by atoms with Crippen molar-refractivity contribution in [1.29, 1.82) is 0 Å². The van der Waals surface area contributed by atoms with Crippen LogP contribution in [0.3, 0.4) is 0 Å². The number of aryl methyl sites for hydroxylation is 2. The minimum Gasteiger partial charge on any atom is -0.316 e. The van der Waals surface area contributed by atoms with Crippen molar-refractivity contribution < 1.29 is 13.2 Å². The third-order valence-electron chi connectivity index (χ3n) is 4.53. The molecule has 130 valence electrons. The van der Waals surface area contributed by atoms with Crippen molar-refractivity contribution in [3.63, 3.8) is 0 Å². The minimum atomic E-state index is -3.04. The van der Waals surface area contributed by atoms with Crippen LogP contribution in [-0.4, -0.2) is 42.3 Å². The van der Waals surface area contributed by atoms with Gasteiger partial charge in [-0.3, -0.25) is 4.79 Å². The average molecular weight is 367 g/mol. The normalized spacial score (nSPS) is 27.0. The van der Waals surface area contributed by atoms with Gasteiger partial charge in [-0.2, -0.15) is 4.99 Å². The van der Waals surface area contributed by atoms with Gasteiger partial charge >= 0.3 is 0 Å². The Morgan fingerprint density at radius 3 is 2.58 bits per heavy atom. The summed E-state index contributed by atoms with van der Waals surface area (Å²) in [4.78, 5) is 18.3. The molecule has 2 atom stereocenters. The van der Waals surface area contributed by atoms with Gasteiger partial charge in [-0.1, -0.05) is 31.7 Å². The maximum atomic E-state index is 12.1. The van der Waals surface area contributed by atoms with Crippen LogP contribution >= 0.6 is 11.8 Å². The van der Waals surface area contributed by atoms with Crippen LogP contribution in [0.4, 0.5) is 5.69 Å². The molecule has 1 aromatic carbocycles. The van der Waals surface area contributed by atoms with Crippen LogP contribution in [0.25, 0.3) is 0 Å². The molecular weight excluding hydrogens is 344 g/mol. The van der Waals surface area contributed by atoms with Crippen molar-refractivity contribution in [3.8, 4) is 0 Å². The van der Waals surface area contributed by atoms with Crippen LogP contribution in [0.1, 0.15) is 25.0 Å². The molecule has 1 aromatic rings. The van der Waals surface area contributed by atoms with E-state index in [2.05, 4.69) is 4.99 Å². The number of hydrogen-bond acceptors (Lipinski definition) is 4. The lowest BCUT2D eigenvalue weighted by molar-refractivity contribution is -0.120. The zero-order valence-corrected chi connectivity index (χ0v) is 15.9. The predicted octanol–water partition coefficient (Wildman–Crippen LogP) is 2.56. The van der Waals surface area contributed by atoms with Crippen molar-refractivity contribution in [3.05, 3.63) is 29.3 Å². The fraction of sp³-hybridized carbons (Fsp3) is 0.529. The molecule has 0 aromatic heterocycles. The largest absolute Gasteiger partial charge is 0.316 e. The maximum Gasteiger partial charge on any atom is 0.250 e. The number of thioether (sulfide) groups is 1. The highest BCUT2D eigenvalue weighted by Gasteiger charge is 2.49. The third kappa shape index (κ3) is 3.24. The Balaban J connectivity index is 2.04. The van der Waals surface area contributed by atoms with E-state index in [9.17, 15) is 13.2 Å². The van der Waals surface area contributed by atoms with Crippen LogP contribution in [0, 0.1) is 19.8 Å². The van der Waals surface area contributed by atoms with E-state index in [1.165, 1.54) is 17.3 Å². The molecule has 2 aliphatic rings. The number of benzene rings is 1. The summed E-state index contributed by atoms with van der Waals surface area (Å²) in [5.41, 5.74) is 3.22. The number of amides is 1. The first-order valence-corrected chi connectivity index (χ1v) is 10.7. The van der Waals surface area contributed by atoms with Gasteiger partial charge < -0.3 is 4.90 Å². The highest BCUT2D eigenvalue weighted by atomic mass is 32.2. The van der Waals surface area contributed by atoms with Gasteiger partial charge in [-0.25, -0.2) is 8.42 Å². The molecule has 0 spiro atoms. The number of aliphatic imine (C=N–C) groups is 1. The molecule has 0 N–H and O–H groups in total. The molecule has 2 saturated heterocycles. The molecule has 24 heavy (non-hydrogen) atoms. The van der Waals surface area contributed by atoms with Gasteiger partial charge in [-0.05, 0) is 37.1 Å². The van der Waals surface area contributed by atoms with Crippen molar-refractivity contribution in [2.75, 3.05) is 16.4 Å². The number of sulfone groups is 1. The van der Waals surface area contributed by atoms with E-state index in [1.807, 2.05) is 50.8 Å². The molecule has 5 nitrogen and oxygen atoms in total. The van der Waals surface area contributed by atoms with Crippen LogP contribution in [0.5, 0.6) is 0 Å². The molecule has 0 aliphatic carbocycles. The summed E-state index contributed by atoms with van der Waals surface area (Å²) in [7, 11) is -3.04. The Bertz CT molecular complexity index is 815. The number of amidine groups is 1. The van der Waals surface area contributed by atoms with Gasteiger partial charge in [0.1, 0.15) is 0 Å². The molecule has 3 rings (SSSR count). The molecule has 7 heteroatoms. The summed E-state index contributed by atoms with van der Waals surface area (Å²) < 4.78 is 24.1. The zero-order chi connectivity index (χ0) is 17.6. The van der Waals surface area contributed by atoms with Gasteiger partial charge in [0, 0.05) is 16.9 Å². The highest BCUT2D eigenvalue weighted by Crippen LogP contribution is 2.41. The summed E-state index contributed by atoms with van der Waals surface area (Å²) in [6.07, 6.45) is 0. The number of rotatable bonds is 2. The SMILES string of the molecule is Cc1ccc(N2C(=NC(=O)C(C)C)S[C@@H]3CS(=O)(=O)C[C@@H]32)cc1C. The van der Waals surface area contributed by atoms with Crippen molar-refractivity contribution in [2.45, 2.75) is 39.0 Å². The van der Waals surface area contributed by atoms with E-state index < -0.39 is 9.84 Å². The number of carbonyl (C=O) groups is 1. The monoisotopic (exact) mass is 366 g/mol. The van der Waals surface area contributed by atoms with E-state index >= 15 is 0 Å². The Labute approximate surface area is 147 Å². The Hall–Kier alpha value is -1.34. The van der Waals surface area contributed by atoms with E-state index in [1.54, 1.807) is 0 Å². The first-order valence-electron chi connectivity index (χ1n) is 8.04. The second-order valence-corrected chi connectivity index (χ2v) is 10.2. The molecule has 2 aliphatic heterocycles. The lowest BCUT2D eigenvalue weighted by Gasteiger charge is -2.25. The summed E-state index contributed by atoms with van der Waals surface area (Å²) in [5.74, 6) is -0.0801. The van der Waals surface area contributed by atoms with Crippen LogP contribution in [0.2, 0.25) is 0 Å². The first kappa shape index (κ1) is 17.5. The Morgan fingerprint density at radius 1 is 1.25 bits per heavy atom. The second kappa shape index (κ2) is 6.19. The molecule has 0 bridgehead atoms. The van der Waals surface area contributed by atoms with Crippen LogP contribution in [-0.2, 0) is 14.6 Å². The minimum absolute atomic E-state index is 0.0599. The van der Waals surface area contributed by atoms with E-state index in [0.717, 1.165) is 11.3 Å². The molecule has 2 fully saturated rings. The van der Waals surface area contributed by atoms with Gasteiger partial charge in [-0.15, -0.1) is 0 Å². The smallest absolute Gasteiger partial charge is 0.250 e. The lowest BCUT2D eigenvalue weighted by atomic mass is 10.1.